The Morgan fingerprint density at radius 2 is 2.06 bits per heavy atom. The van der Waals surface area contributed by atoms with Gasteiger partial charge in [0.05, 0.1) is 13.2 Å². The van der Waals surface area contributed by atoms with Crippen molar-refractivity contribution in [3.8, 4) is 11.5 Å². The number of rotatable bonds is 2. The number of fused-ring (bicyclic) bond motifs is 1. The van der Waals surface area contributed by atoms with E-state index in [9.17, 15) is 4.39 Å². The molecule has 3 rings (SSSR count). The highest BCUT2D eigenvalue weighted by Crippen LogP contribution is 2.32. The van der Waals surface area contributed by atoms with Gasteiger partial charge in [0.15, 0.2) is 11.5 Å². The maximum Gasteiger partial charge on any atom is 0.164 e. The number of halogens is 1. The Hall–Kier alpha value is -1.33. The quantitative estimate of drug-likeness (QED) is 0.795. The van der Waals surface area contributed by atoms with Gasteiger partial charge in [0, 0.05) is 25.7 Å². The van der Waals surface area contributed by atoms with Crippen LogP contribution in [0.15, 0.2) is 18.2 Å². The maximum atomic E-state index is 13.1. The van der Waals surface area contributed by atoms with Crippen LogP contribution in [0.25, 0.3) is 0 Å². The summed E-state index contributed by atoms with van der Waals surface area (Å²) in [6.07, 6.45) is -0.0441. The molecule has 0 saturated carbocycles. The van der Waals surface area contributed by atoms with Gasteiger partial charge in [0.1, 0.15) is 18.5 Å². The van der Waals surface area contributed by atoms with Gasteiger partial charge in [-0.25, -0.2) is 4.39 Å². The van der Waals surface area contributed by atoms with Crippen LogP contribution in [0, 0.1) is 5.82 Å². The average molecular weight is 253 g/mol. The third kappa shape index (κ3) is 2.57. The van der Waals surface area contributed by atoms with Gasteiger partial charge in [-0.05, 0) is 12.1 Å². The summed E-state index contributed by atoms with van der Waals surface area (Å²) in [5.74, 6) is 0.818. The van der Waals surface area contributed by atoms with Crippen LogP contribution in [-0.2, 0) is 4.74 Å². The number of hydrogen-bond acceptors (Lipinski definition) is 4. The summed E-state index contributed by atoms with van der Waals surface area (Å²) in [4.78, 5) is 2.28. The zero-order valence-electron chi connectivity index (χ0n) is 10.1. The maximum absolute atomic E-state index is 13.1. The normalized spacial score (nSPS) is 23.9. The van der Waals surface area contributed by atoms with Crippen molar-refractivity contribution in [1.82, 2.24) is 4.90 Å². The Kier molecular flexibility index (Phi) is 3.34. The molecular formula is C13H16FNO3. The molecule has 0 bridgehead atoms. The molecule has 0 spiro atoms. The molecule has 4 nitrogen and oxygen atoms in total. The molecule has 0 radical (unpaired) electrons. The third-order valence-corrected chi connectivity index (χ3v) is 3.19. The van der Waals surface area contributed by atoms with E-state index in [1.807, 2.05) is 0 Å². The second-order valence-electron chi connectivity index (χ2n) is 4.55. The van der Waals surface area contributed by atoms with Crippen LogP contribution in [-0.4, -0.2) is 50.5 Å². The lowest BCUT2D eigenvalue weighted by Crippen LogP contribution is -2.45. The summed E-state index contributed by atoms with van der Waals surface area (Å²) < 4.78 is 29.8. The summed E-state index contributed by atoms with van der Waals surface area (Å²) in [5, 5.41) is 0. The van der Waals surface area contributed by atoms with Crippen molar-refractivity contribution in [3.05, 3.63) is 24.0 Å². The lowest BCUT2D eigenvalue weighted by Gasteiger charge is -2.33. The molecule has 98 valence electrons. The summed E-state index contributed by atoms with van der Waals surface area (Å²) in [6.45, 7) is 4.65. The van der Waals surface area contributed by atoms with Crippen LogP contribution < -0.4 is 9.47 Å². The first-order chi connectivity index (χ1) is 8.81. The molecule has 1 fully saturated rings. The van der Waals surface area contributed by atoms with E-state index in [0.29, 0.717) is 18.1 Å². The fraction of sp³-hybridized carbons (Fsp3) is 0.538. The second kappa shape index (κ2) is 5.12. The van der Waals surface area contributed by atoms with E-state index in [-0.39, 0.29) is 11.9 Å². The topological polar surface area (TPSA) is 30.9 Å². The summed E-state index contributed by atoms with van der Waals surface area (Å²) in [6, 6.07) is 4.36. The smallest absolute Gasteiger partial charge is 0.164 e. The van der Waals surface area contributed by atoms with Gasteiger partial charge in [-0.2, -0.15) is 0 Å². The molecular weight excluding hydrogens is 237 g/mol. The molecule has 1 saturated heterocycles. The van der Waals surface area contributed by atoms with Crippen LogP contribution >= 0.6 is 0 Å². The van der Waals surface area contributed by atoms with E-state index in [2.05, 4.69) is 4.90 Å². The molecule has 0 aromatic heterocycles. The summed E-state index contributed by atoms with van der Waals surface area (Å²) >= 11 is 0. The zero-order valence-corrected chi connectivity index (χ0v) is 10.1. The Balaban J connectivity index is 1.63. The molecule has 1 unspecified atom stereocenters. The lowest BCUT2D eigenvalue weighted by atomic mass is 10.2. The SMILES string of the molecule is Fc1ccc2c(c1)OC(CN1CCOCC1)CO2. The second-order valence-corrected chi connectivity index (χ2v) is 4.55. The van der Waals surface area contributed by atoms with Gasteiger partial charge < -0.3 is 14.2 Å². The van der Waals surface area contributed by atoms with Gasteiger partial charge in [-0.1, -0.05) is 0 Å². The van der Waals surface area contributed by atoms with Gasteiger partial charge in [-0.3, -0.25) is 4.90 Å². The molecule has 1 atom stereocenters. The number of hydrogen-bond donors (Lipinski definition) is 0. The first-order valence-electron chi connectivity index (χ1n) is 6.20. The van der Waals surface area contributed by atoms with Crippen molar-refractivity contribution >= 4 is 0 Å². The molecule has 2 aliphatic heterocycles. The van der Waals surface area contributed by atoms with Crippen LogP contribution in [0.1, 0.15) is 0 Å². The summed E-state index contributed by atoms with van der Waals surface area (Å²) in [5.41, 5.74) is 0. The van der Waals surface area contributed by atoms with Gasteiger partial charge >= 0.3 is 0 Å². The Bertz CT molecular complexity index is 421. The van der Waals surface area contributed by atoms with E-state index < -0.39 is 0 Å². The average Bonchev–Trinajstić information content (AvgIpc) is 2.39. The van der Waals surface area contributed by atoms with Gasteiger partial charge in [0.2, 0.25) is 0 Å². The third-order valence-electron chi connectivity index (χ3n) is 3.19. The Morgan fingerprint density at radius 1 is 1.22 bits per heavy atom. The molecule has 0 N–H and O–H groups in total. The van der Waals surface area contributed by atoms with E-state index in [1.165, 1.54) is 12.1 Å². The van der Waals surface area contributed by atoms with Crippen molar-refractivity contribution in [3.63, 3.8) is 0 Å². The first-order valence-corrected chi connectivity index (χ1v) is 6.20. The van der Waals surface area contributed by atoms with E-state index in [1.54, 1.807) is 6.07 Å². The molecule has 5 heteroatoms. The van der Waals surface area contributed by atoms with Crippen LogP contribution in [0.4, 0.5) is 4.39 Å². The van der Waals surface area contributed by atoms with Crippen molar-refractivity contribution in [2.75, 3.05) is 39.5 Å². The molecule has 18 heavy (non-hydrogen) atoms. The number of nitrogens with zero attached hydrogens (tertiary/aromatic N) is 1. The largest absolute Gasteiger partial charge is 0.486 e. The molecule has 1 aromatic carbocycles. The van der Waals surface area contributed by atoms with Gasteiger partial charge in [-0.15, -0.1) is 0 Å². The number of benzene rings is 1. The highest BCUT2D eigenvalue weighted by molar-refractivity contribution is 5.41. The van der Waals surface area contributed by atoms with Crippen molar-refractivity contribution in [1.29, 1.82) is 0 Å². The fourth-order valence-electron chi connectivity index (χ4n) is 2.25. The van der Waals surface area contributed by atoms with Crippen molar-refractivity contribution < 1.29 is 18.6 Å². The molecule has 0 amide bonds. The Morgan fingerprint density at radius 3 is 2.89 bits per heavy atom. The fourth-order valence-corrected chi connectivity index (χ4v) is 2.25. The zero-order chi connectivity index (χ0) is 12.4. The van der Waals surface area contributed by atoms with E-state index >= 15 is 0 Å². The molecule has 1 aromatic rings. The molecule has 0 aliphatic carbocycles. The van der Waals surface area contributed by atoms with Crippen LogP contribution in [0.2, 0.25) is 0 Å². The first kappa shape index (κ1) is 11.7. The highest BCUT2D eigenvalue weighted by Gasteiger charge is 2.24. The number of morpholine rings is 1. The minimum atomic E-state index is -0.302. The number of ether oxygens (including phenoxy) is 3. The lowest BCUT2D eigenvalue weighted by molar-refractivity contribution is 0.00302. The monoisotopic (exact) mass is 253 g/mol. The van der Waals surface area contributed by atoms with Crippen LogP contribution in [0.3, 0.4) is 0 Å². The van der Waals surface area contributed by atoms with E-state index in [0.717, 1.165) is 32.8 Å². The predicted molar refractivity (Wildman–Crippen MR) is 63.6 cm³/mol. The summed E-state index contributed by atoms with van der Waals surface area (Å²) in [7, 11) is 0. The van der Waals surface area contributed by atoms with Gasteiger partial charge in [0.25, 0.3) is 0 Å². The minimum absolute atomic E-state index is 0.0441. The Labute approximate surface area is 105 Å². The molecule has 2 heterocycles. The van der Waals surface area contributed by atoms with Crippen molar-refractivity contribution in [2.45, 2.75) is 6.10 Å². The highest BCUT2D eigenvalue weighted by atomic mass is 19.1. The van der Waals surface area contributed by atoms with Crippen LogP contribution in [0.5, 0.6) is 11.5 Å². The minimum Gasteiger partial charge on any atom is -0.486 e. The standard InChI is InChI=1S/C13H16FNO3/c14-10-1-2-12-13(7-10)18-11(9-17-12)8-15-3-5-16-6-4-15/h1-2,7,11H,3-6,8-9H2. The molecule has 2 aliphatic rings. The van der Waals surface area contributed by atoms with E-state index in [4.69, 9.17) is 14.2 Å². The van der Waals surface area contributed by atoms with Crippen molar-refractivity contribution in [2.24, 2.45) is 0 Å². The predicted octanol–water partition coefficient (Wildman–Crippen LogP) is 1.30.